The highest BCUT2D eigenvalue weighted by Crippen LogP contribution is 2.20. The van der Waals surface area contributed by atoms with Crippen molar-refractivity contribution < 1.29 is 22.3 Å². The average Bonchev–Trinajstić information content (AvgIpc) is 2.27. The Morgan fingerprint density at radius 1 is 1.26 bits per heavy atom. The number of aliphatic hydroxyl groups excluding tert-OH is 1. The summed E-state index contributed by atoms with van der Waals surface area (Å²) in [6.07, 6.45) is 0.644. The Balaban J connectivity index is 3.10. The van der Waals surface area contributed by atoms with Crippen LogP contribution in [0.5, 0.6) is 0 Å². The molecule has 1 aromatic rings. The molecule has 1 rings (SSSR count). The maximum absolute atomic E-state index is 13.0. The Morgan fingerprint density at radius 3 is 2.21 bits per heavy atom. The van der Waals surface area contributed by atoms with E-state index in [1.165, 1.54) is 0 Å². The quantitative estimate of drug-likeness (QED) is 0.840. The van der Waals surface area contributed by atoms with E-state index in [4.69, 9.17) is 5.11 Å². The van der Waals surface area contributed by atoms with Crippen LogP contribution in [-0.4, -0.2) is 25.7 Å². The van der Waals surface area contributed by atoms with Crippen molar-refractivity contribution in [2.45, 2.75) is 37.1 Å². The number of halogens is 2. The summed E-state index contributed by atoms with van der Waals surface area (Å²) in [5, 5.41) is 8.93. The fourth-order valence-corrected chi connectivity index (χ4v) is 3.16. The summed E-state index contributed by atoms with van der Waals surface area (Å²) in [5.74, 6) is -1.92. The van der Waals surface area contributed by atoms with Crippen molar-refractivity contribution in [3.63, 3.8) is 0 Å². The molecule has 0 heterocycles. The second kappa shape index (κ2) is 5.94. The summed E-state index contributed by atoms with van der Waals surface area (Å²) in [6, 6.07) is 2.10. The van der Waals surface area contributed by atoms with Gasteiger partial charge in [0.05, 0.1) is 4.90 Å². The van der Waals surface area contributed by atoms with Gasteiger partial charge in [-0.25, -0.2) is 21.9 Å². The molecule has 0 amide bonds. The molecule has 0 fully saturated rings. The van der Waals surface area contributed by atoms with Crippen molar-refractivity contribution in [2.24, 2.45) is 0 Å². The number of nitrogens with one attached hydrogen (secondary N) is 1. The highest BCUT2D eigenvalue weighted by molar-refractivity contribution is 7.89. The first-order valence-corrected chi connectivity index (χ1v) is 7.32. The topological polar surface area (TPSA) is 66.4 Å². The maximum atomic E-state index is 13.0. The summed E-state index contributed by atoms with van der Waals surface area (Å²) in [4.78, 5) is -0.470. The van der Waals surface area contributed by atoms with Crippen LogP contribution in [0.25, 0.3) is 0 Å². The van der Waals surface area contributed by atoms with Crippen molar-refractivity contribution in [1.29, 1.82) is 0 Å². The lowest BCUT2D eigenvalue weighted by atomic mass is 9.97. The molecule has 0 aliphatic heterocycles. The van der Waals surface area contributed by atoms with Gasteiger partial charge in [0.15, 0.2) is 0 Å². The van der Waals surface area contributed by atoms with Gasteiger partial charge in [0.1, 0.15) is 11.6 Å². The van der Waals surface area contributed by atoms with E-state index >= 15 is 0 Å². The highest BCUT2D eigenvalue weighted by Gasteiger charge is 2.29. The van der Waals surface area contributed by atoms with Crippen molar-refractivity contribution in [3.05, 3.63) is 29.8 Å². The molecule has 1 atom stereocenters. The van der Waals surface area contributed by atoms with E-state index < -0.39 is 32.1 Å². The van der Waals surface area contributed by atoms with Crippen molar-refractivity contribution in [3.8, 4) is 0 Å². The second-order valence-electron chi connectivity index (χ2n) is 4.60. The Labute approximate surface area is 111 Å². The van der Waals surface area contributed by atoms with E-state index in [-0.39, 0.29) is 13.0 Å². The molecule has 0 saturated heterocycles. The van der Waals surface area contributed by atoms with Crippen LogP contribution >= 0.6 is 0 Å². The molecule has 1 aromatic carbocycles. The number of hydrogen-bond donors (Lipinski definition) is 2. The van der Waals surface area contributed by atoms with Crippen LogP contribution < -0.4 is 4.72 Å². The number of hydrogen-bond acceptors (Lipinski definition) is 3. The minimum Gasteiger partial charge on any atom is -0.396 e. The van der Waals surface area contributed by atoms with Gasteiger partial charge in [0.25, 0.3) is 0 Å². The molecule has 0 bridgehead atoms. The molecule has 19 heavy (non-hydrogen) atoms. The molecule has 0 aliphatic carbocycles. The molecule has 0 aliphatic rings. The van der Waals surface area contributed by atoms with Gasteiger partial charge in [-0.2, -0.15) is 0 Å². The standard InChI is InChI=1S/C12H17F2NO3S/c1-3-12(2,4-5-16)15-19(17,18)11-7-9(13)6-10(14)8-11/h6-8,15-16H,3-5H2,1-2H3. The summed E-state index contributed by atoms with van der Waals surface area (Å²) in [7, 11) is -4.04. The van der Waals surface area contributed by atoms with E-state index in [9.17, 15) is 17.2 Å². The molecule has 1 unspecified atom stereocenters. The Hall–Kier alpha value is -1.05. The Kier molecular flexibility index (Phi) is 5.00. The SMILES string of the molecule is CCC(C)(CCO)NS(=O)(=O)c1cc(F)cc(F)c1. The van der Waals surface area contributed by atoms with Gasteiger partial charge in [0.2, 0.25) is 10.0 Å². The van der Waals surface area contributed by atoms with E-state index in [1.807, 2.05) is 0 Å². The van der Waals surface area contributed by atoms with Gasteiger partial charge < -0.3 is 5.11 Å². The van der Waals surface area contributed by atoms with Gasteiger partial charge in [-0.1, -0.05) is 6.92 Å². The lowest BCUT2D eigenvalue weighted by molar-refractivity contribution is 0.233. The van der Waals surface area contributed by atoms with Crippen LogP contribution in [0, 0.1) is 11.6 Å². The average molecular weight is 293 g/mol. The first-order chi connectivity index (χ1) is 8.72. The van der Waals surface area contributed by atoms with Gasteiger partial charge in [-0.05, 0) is 31.9 Å². The number of rotatable bonds is 6. The van der Waals surface area contributed by atoms with E-state index in [2.05, 4.69) is 4.72 Å². The van der Waals surface area contributed by atoms with Gasteiger partial charge in [-0.15, -0.1) is 0 Å². The van der Waals surface area contributed by atoms with Crippen molar-refractivity contribution in [1.82, 2.24) is 4.72 Å². The van der Waals surface area contributed by atoms with Crippen LogP contribution in [0.4, 0.5) is 8.78 Å². The Bertz CT molecular complexity index is 528. The molecule has 0 radical (unpaired) electrons. The first kappa shape index (κ1) is 16.0. The van der Waals surface area contributed by atoms with E-state index in [0.717, 1.165) is 12.1 Å². The third kappa shape index (κ3) is 4.22. The largest absolute Gasteiger partial charge is 0.396 e. The predicted molar refractivity (Wildman–Crippen MR) is 67.1 cm³/mol. The van der Waals surface area contributed by atoms with Gasteiger partial charge in [0, 0.05) is 18.2 Å². The number of sulfonamides is 1. The van der Waals surface area contributed by atoms with Crippen LogP contribution in [0.1, 0.15) is 26.7 Å². The fourth-order valence-electron chi connectivity index (χ4n) is 1.61. The number of aliphatic hydroxyl groups is 1. The highest BCUT2D eigenvalue weighted by atomic mass is 32.2. The zero-order chi connectivity index (χ0) is 14.7. The smallest absolute Gasteiger partial charge is 0.241 e. The van der Waals surface area contributed by atoms with E-state index in [0.29, 0.717) is 12.5 Å². The fraction of sp³-hybridized carbons (Fsp3) is 0.500. The molecular weight excluding hydrogens is 276 g/mol. The number of benzene rings is 1. The third-order valence-corrected chi connectivity index (χ3v) is 4.59. The van der Waals surface area contributed by atoms with Crippen molar-refractivity contribution >= 4 is 10.0 Å². The van der Waals surface area contributed by atoms with Crippen LogP contribution in [0.15, 0.2) is 23.1 Å². The van der Waals surface area contributed by atoms with Crippen molar-refractivity contribution in [2.75, 3.05) is 6.61 Å². The second-order valence-corrected chi connectivity index (χ2v) is 6.28. The first-order valence-electron chi connectivity index (χ1n) is 5.83. The van der Waals surface area contributed by atoms with Gasteiger partial charge >= 0.3 is 0 Å². The summed E-state index contributed by atoms with van der Waals surface area (Å²) in [6.45, 7) is 3.19. The summed E-state index contributed by atoms with van der Waals surface area (Å²) >= 11 is 0. The summed E-state index contributed by atoms with van der Waals surface area (Å²) < 4.78 is 52.6. The minimum atomic E-state index is -4.04. The van der Waals surface area contributed by atoms with Crippen LogP contribution in [0.2, 0.25) is 0 Å². The third-order valence-electron chi connectivity index (χ3n) is 2.97. The maximum Gasteiger partial charge on any atom is 0.241 e. The molecule has 7 heteroatoms. The zero-order valence-corrected chi connectivity index (χ0v) is 11.6. The molecule has 108 valence electrons. The predicted octanol–water partition coefficient (Wildman–Crippen LogP) is 1.79. The molecule has 0 spiro atoms. The molecule has 2 N–H and O–H groups in total. The van der Waals surface area contributed by atoms with Crippen LogP contribution in [-0.2, 0) is 10.0 Å². The minimum absolute atomic E-state index is 0.190. The zero-order valence-electron chi connectivity index (χ0n) is 10.8. The monoisotopic (exact) mass is 293 g/mol. The summed E-state index contributed by atoms with van der Waals surface area (Å²) in [5.41, 5.74) is -0.865. The lowest BCUT2D eigenvalue weighted by Crippen LogP contribution is -2.46. The van der Waals surface area contributed by atoms with E-state index in [1.54, 1.807) is 13.8 Å². The Morgan fingerprint density at radius 2 is 1.79 bits per heavy atom. The molecule has 4 nitrogen and oxygen atoms in total. The lowest BCUT2D eigenvalue weighted by Gasteiger charge is -2.28. The molecule has 0 saturated carbocycles. The molecule has 0 aromatic heterocycles. The normalized spacial score (nSPS) is 15.2. The van der Waals surface area contributed by atoms with Crippen LogP contribution in [0.3, 0.4) is 0 Å². The van der Waals surface area contributed by atoms with Gasteiger partial charge in [-0.3, -0.25) is 0 Å². The molecular formula is C12H17F2NO3S.